The van der Waals surface area contributed by atoms with Crippen LogP contribution in [-0.4, -0.2) is 35.5 Å². The molecule has 1 aromatic rings. The van der Waals surface area contributed by atoms with Gasteiger partial charge in [0.25, 0.3) is 0 Å². The summed E-state index contributed by atoms with van der Waals surface area (Å²) in [5.41, 5.74) is 0.612. The molecular formula is C11H19N3O2S. The summed E-state index contributed by atoms with van der Waals surface area (Å²) in [6.45, 7) is 4.16. The van der Waals surface area contributed by atoms with Crippen LogP contribution in [0.4, 0.5) is 0 Å². The van der Waals surface area contributed by atoms with Gasteiger partial charge in [0.05, 0.1) is 11.9 Å². The maximum atomic E-state index is 12.5. The van der Waals surface area contributed by atoms with E-state index < -0.39 is 10.0 Å². The van der Waals surface area contributed by atoms with E-state index in [0.29, 0.717) is 17.1 Å². The van der Waals surface area contributed by atoms with Gasteiger partial charge in [-0.3, -0.25) is 5.10 Å². The largest absolute Gasteiger partial charge is 0.281 e. The molecule has 6 heteroatoms. The van der Waals surface area contributed by atoms with E-state index in [1.54, 1.807) is 11.2 Å². The molecule has 0 aliphatic heterocycles. The number of aromatic nitrogens is 2. The first-order valence-corrected chi connectivity index (χ1v) is 7.53. The van der Waals surface area contributed by atoms with Crippen molar-refractivity contribution in [1.29, 1.82) is 0 Å². The molecule has 1 aliphatic carbocycles. The topological polar surface area (TPSA) is 66.1 Å². The number of rotatable bonds is 4. The predicted molar refractivity (Wildman–Crippen MR) is 65.1 cm³/mol. The summed E-state index contributed by atoms with van der Waals surface area (Å²) in [5.74, 6) is 0. The van der Waals surface area contributed by atoms with Crippen LogP contribution in [0.1, 0.15) is 38.3 Å². The molecule has 1 N–H and O–H groups in total. The van der Waals surface area contributed by atoms with Crippen LogP contribution >= 0.6 is 0 Å². The van der Waals surface area contributed by atoms with Crippen LogP contribution in [0.5, 0.6) is 0 Å². The van der Waals surface area contributed by atoms with Gasteiger partial charge in [-0.1, -0.05) is 19.8 Å². The average Bonchev–Trinajstić information content (AvgIpc) is 2.89. The Labute approximate surface area is 102 Å². The molecular weight excluding hydrogens is 238 g/mol. The van der Waals surface area contributed by atoms with Crippen molar-refractivity contribution >= 4 is 10.0 Å². The van der Waals surface area contributed by atoms with E-state index in [2.05, 4.69) is 10.2 Å². The van der Waals surface area contributed by atoms with Gasteiger partial charge >= 0.3 is 0 Å². The zero-order valence-electron chi connectivity index (χ0n) is 10.3. The highest BCUT2D eigenvalue weighted by atomic mass is 32.2. The highest BCUT2D eigenvalue weighted by Gasteiger charge is 2.33. The molecule has 0 spiro atoms. The van der Waals surface area contributed by atoms with Gasteiger partial charge in [0, 0.05) is 12.6 Å². The van der Waals surface area contributed by atoms with Crippen LogP contribution in [0.3, 0.4) is 0 Å². The van der Waals surface area contributed by atoms with E-state index in [1.165, 1.54) is 6.20 Å². The van der Waals surface area contributed by atoms with E-state index in [9.17, 15) is 8.42 Å². The van der Waals surface area contributed by atoms with Crippen molar-refractivity contribution in [3.63, 3.8) is 0 Å². The summed E-state index contributed by atoms with van der Waals surface area (Å²) in [6, 6.07) is 0.166. The molecule has 0 aromatic carbocycles. The zero-order valence-corrected chi connectivity index (χ0v) is 11.1. The van der Waals surface area contributed by atoms with Crippen LogP contribution < -0.4 is 0 Å². The summed E-state index contributed by atoms with van der Waals surface area (Å²) in [6.07, 6.45) is 5.61. The van der Waals surface area contributed by atoms with E-state index in [1.807, 2.05) is 6.92 Å². The van der Waals surface area contributed by atoms with Gasteiger partial charge in [-0.05, 0) is 19.8 Å². The lowest BCUT2D eigenvalue weighted by Crippen LogP contribution is -2.38. The van der Waals surface area contributed by atoms with E-state index in [4.69, 9.17) is 0 Å². The van der Waals surface area contributed by atoms with Gasteiger partial charge in [-0.15, -0.1) is 0 Å². The Hall–Kier alpha value is -0.880. The molecule has 0 amide bonds. The summed E-state index contributed by atoms with van der Waals surface area (Å²) in [7, 11) is -3.38. The number of aromatic amines is 1. The van der Waals surface area contributed by atoms with Crippen molar-refractivity contribution in [2.24, 2.45) is 0 Å². The van der Waals surface area contributed by atoms with Gasteiger partial charge in [0.2, 0.25) is 10.0 Å². The number of aryl methyl sites for hydroxylation is 1. The Bertz CT molecular complexity index is 475. The van der Waals surface area contributed by atoms with Crippen molar-refractivity contribution in [3.05, 3.63) is 11.9 Å². The fourth-order valence-electron chi connectivity index (χ4n) is 2.54. The lowest BCUT2D eigenvalue weighted by Gasteiger charge is -2.26. The quantitative estimate of drug-likeness (QED) is 0.892. The minimum absolute atomic E-state index is 0.166. The number of sulfonamides is 1. The third kappa shape index (κ3) is 2.24. The van der Waals surface area contributed by atoms with Gasteiger partial charge in [-0.25, -0.2) is 8.42 Å². The summed E-state index contributed by atoms with van der Waals surface area (Å²) in [4.78, 5) is 0.311. The fourth-order valence-corrected chi connectivity index (χ4v) is 4.36. The van der Waals surface area contributed by atoms with Crippen molar-refractivity contribution in [3.8, 4) is 0 Å². The number of hydrogen-bond donors (Lipinski definition) is 1. The molecule has 17 heavy (non-hydrogen) atoms. The first-order chi connectivity index (χ1) is 8.07. The van der Waals surface area contributed by atoms with Gasteiger partial charge < -0.3 is 0 Å². The van der Waals surface area contributed by atoms with Gasteiger partial charge in [0.1, 0.15) is 4.90 Å². The standard InChI is InChI=1S/C11H19N3O2S/c1-3-14(10-6-4-5-7-10)17(15,16)11-8-12-13-9(11)2/h8,10H,3-7H2,1-2H3,(H,12,13). The molecule has 1 aromatic heterocycles. The van der Waals surface area contributed by atoms with Crippen molar-refractivity contribution < 1.29 is 8.42 Å². The molecule has 0 unspecified atom stereocenters. The van der Waals surface area contributed by atoms with Crippen molar-refractivity contribution in [1.82, 2.24) is 14.5 Å². The van der Waals surface area contributed by atoms with E-state index >= 15 is 0 Å². The maximum Gasteiger partial charge on any atom is 0.246 e. The van der Waals surface area contributed by atoms with E-state index in [0.717, 1.165) is 25.7 Å². The lowest BCUT2D eigenvalue weighted by atomic mass is 10.2. The molecule has 0 saturated heterocycles. The monoisotopic (exact) mass is 257 g/mol. The fraction of sp³-hybridized carbons (Fsp3) is 0.727. The van der Waals surface area contributed by atoms with Gasteiger partial charge in [-0.2, -0.15) is 9.40 Å². The third-order valence-electron chi connectivity index (χ3n) is 3.41. The SMILES string of the molecule is CCN(C1CCCC1)S(=O)(=O)c1cn[nH]c1C. The lowest BCUT2D eigenvalue weighted by molar-refractivity contribution is 0.335. The number of nitrogens with one attached hydrogen (secondary N) is 1. The van der Waals surface area contributed by atoms with Crippen molar-refractivity contribution in [2.45, 2.75) is 50.5 Å². The molecule has 2 rings (SSSR count). The van der Waals surface area contributed by atoms with Crippen LogP contribution in [0.15, 0.2) is 11.1 Å². The number of H-pyrrole nitrogens is 1. The number of nitrogens with zero attached hydrogens (tertiary/aromatic N) is 2. The molecule has 0 atom stereocenters. The molecule has 1 fully saturated rings. The minimum atomic E-state index is -3.38. The molecule has 1 saturated carbocycles. The summed E-state index contributed by atoms with van der Waals surface area (Å²) in [5, 5.41) is 6.49. The van der Waals surface area contributed by atoms with Crippen LogP contribution in [0.2, 0.25) is 0 Å². The van der Waals surface area contributed by atoms with Crippen LogP contribution in [0, 0.1) is 6.92 Å². The van der Waals surface area contributed by atoms with Crippen LogP contribution in [-0.2, 0) is 10.0 Å². The Morgan fingerprint density at radius 1 is 1.47 bits per heavy atom. The summed E-state index contributed by atoms with van der Waals surface area (Å²) >= 11 is 0. The highest BCUT2D eigenvalue weighted by molar-refractivity contribution is 7.89. The third-order valence-corrected chi connectivity index (χ3v) is 5.56. The Balaban J connectivity index is 2.33. The normalized spacial score (nSPS) is 18.1. The molecule has 0 bridgehead atoms. The predicted octanol–water partition coefficient (Wildman–Crippen LogP) is 1.67. The van der Waals surface area contributed by atoms with Crippen molar-refractivity contribution in [2.75, 3.05) is 6.54 Å². The Kier molecular flexibility index (Phi) is 3.53. The smallest absolute Gasteiger partial charge is 0.246 e. The zero-order chi connectivity index (χ0) is 12.5. The number of hydrogen-bond acceptors (Lipinski definition) is 3. The second-order valence-corrected chi connectivity index (χ2v) is 6.36. The maximum absolute atomic E-state index is 12.5. The highest BCUT2D eigenvalue weighted by Crippen LogP contribution is 2.28. The second kappa shape index (κ2) is 4.78. The average molecular weight is 257 g/mol. The molecule has 5 nitrogen and oxygen atoms in total. The van der Waals surface area contributed by atoms with E-state index in [-0.39, 0.29) is 6.04 Å². The molecule has 1 aliphatic rings. The first kappa shape index (κ1) is 12.6. The molecule has 96 valence electrons. The Morgan fingerprint density at radius 3 is 2.59 bits per heavy atom. The first-order valence-electron chi connectivity index (χ1n) is 6.09. The van der Waals surface area contributed by atoms with Gasteiger partial charge in [0.15, 0.2) is 0 Å². The van der Waals surface area contributed by atoms with Crippen LogP contribution in [0.25, 0.3) is 0 Å². The summed E-state index contributed by atoms with van der Waals surface area (Å²) < 4.78 is 26.6. The second-order valence-electron chi connectivity index (χ2n) is 4.51. The Morgan fingerprint density at radius 2 is 2.12 bits per heavy atom. The minimum Gasteiger partial charge on any atom is -0.281 e. The molecule has 0 radical (unpaired) electrons. The molecule has 1 heterocycles.